The van der Waals surface area contributed by atoms with E-state index < -0.39 is 0 Å². The molecule has 1 heterocycles. The molecule has 6 heteroatoms. The first-order valence-electron chi connectivity index (χ1n) is 5.15. The highest BCUT2D eigenvalue weighted by Gasteiger charge is 2.09. The van der Waals surface area contributed by atoms with Crippen LogP contribution < -0.4 is 5.73 Å². The van der Waals surface area contributed by atoms with E-state index in [0.717, 1.165) is 15.6 Å². The van der Waals surface area contributed by atoms with Gasteiger partial charge in [-0.2, -0.15) is 0 Å². The monoisotopic (exact) mass is 268 g/mol. The van der Waals surface area contributed by atoms with Gasteiger partial charge >= 0.3 is 0 Å². The topological polar surface area (TPSA) is 56.7 Å². The van der Waals surface area contributed by atoms with Crippen molar-refractivity contribution in [3.05, 3.63) is 35.1 Å². The SMILES string of the molecule is C[C@@H](N)c1ccc(Sc2nncn2C)c(Cl)c1. The van der Waals surface area contributed by atoms with Gasteiger partial charge in [-0.25, -0.2) is 0 Å². The molecule has 0 aliphatic rings. The molecule has 0 saturated carbocycles. The van der Waals surface area contributed by atoms with Crippen LogP contribution in [-0.2, 0) is 7.05 Å². The van der Waals surface area contributed by atoms with Crippen molar-refractivity contribution >= 4 is 23.4 Å². The third-order valence-electron chi connectivity index (χ3n) is 2.35. The minimum absolute atomic E-state index is 0.0126. The molecule has 0 radical (unpaired) electrons. The number of hydrogen-bond donors (Lipinski definition) is 1. The zero-order chi connectivity index (χ0) is 12.4. The average molecular weight is 269 g/mol. The van der Waals surface area contributed by atoms with Gasteiger partial charge in [-0.15, -0.1) is 10.2 Å². The smallest absolute Gasteiger partial charge is 0.195 e. The fourth-order valence-corrected chi connectivity index (χ4v) is 2.42. The van der Waals surface area contributed by atoms with Crippen LogP contribution in [0.25, 0.3) is 0 Å². The fourth-order valence-electron chi connectivity index (χ4n) is 1.35. The van der Waals surface area contributed by atoms with Crippen molar-refractivity contribution < 1.29 is 0 Å². The lowest BCUT2D eigenvalue weighted by atomic mass is 10.1. The lowest BCUT2D eigenvalue weighted by Crippen LogP contribution is -2.04. The molecule has 17 heavy (non-hydrogen) atoms. The molecule has 0 saturated heterocycles. The van der Waals surface area contributed by atoms with Crippen LogP contribution in [0.2, 0.25) is 5.02 Å². The third kappa shape index (κ3) is 2.80. The van der Waals surface area contributed by atoms with Crippen LogP contribution in [0.3, 0.4) is 0 Å². The van der Waals surface area contributed by atoms with Crippen LogP contribution in [-0.4, -0.2) is 14.8 Å². The zero-order valence-electron chi connectivity index (χ0n) is 9.59. The Morgan fingerprint density at radius 2 is 2.24 bits per heavy atom. The maximum absolute atomic E-state index is 6.21. The second kappa shape index (κ2) is 5.08. The minimum atomic E-state index is -0.0126. The van der Waals surface area contributed by atoms with Gasteiger partial charge in [0.1, 0.15) is 6.33 Å². The van der Waals surface area contributed by atoms with E-state index in [0.29, 0.717) is 5.02 Å². The van der Waals surface area contributed by atoms with E-state index in [4.69, 9.17) is 17.3 Å². The zero-order valence-corrected chi connectivity index (χ0v) is 11.2. The molecule has 90 valence electrons. The van der Waals surface area contributed by atoms with Crippen molar-refractivity contribution in [2.75, 3.05) is 0 Å². The summed E-state index contributed by atoms with van der Waals surface area (Å²) < 4.78 is 1.85. The highest BCUT2D eigenvalue weighted by molar-refractivity contribution is 7.99. The summed E-state index contributed by atoms with van der Waals surface area (Å²) in [7, 11) is 1.90. The minimum Gasteiger partial charge on any atom is -0.324 e. The van der Waals surface area contributed by atoms with Crippen molar-refractivity contribution in [3.63, 3.8) is 0 Å². The molecule has 2 rings (SSSR count). The van der Waals surface area contributed by atoms with Gasteiger partial charge in [0.15, 0.2) is 5.16 Å². The molecule has 0 unspecified atom stereocenters. The number of benzene rings is 1. The molecular formula is C11H13ClN4S. The van der Waals surface area contributed by atoms with E-state index in [1.807, 2.05) is 36.7 Å². The first kappa shape index (κ1) is 12.4. The molecule has 0 bridgehead atoms. The van der Waals surface area contributed by atoms with Crippen molar-refractivity contribution in [1.82, 2.24) is 14.8 Å². The molecule has 1 aromatic heterocycles. The summed E-state index contributed by atoms with van der Waals surface area (Å²) in [6.07, 6.45) is 1.66. The average Bonchev–Trinajstić information content (AvgIpc) is 2.67. The number of rotatable bonds is 3. The van der Waals surface area contributed by atoms with Crippen LogP contribution in [0.4, 0.5) is 0 Å². The highest BCUT2D eigenvalue weighted by Crippen LogP contribution is 2.33. The van der Waals surface area contributed by atoms with Gasteiger partial charge in [0.2, 0.25) is 0 Å². The van der Waals surface area contributed by atoms with Crippen LogP contribution in [0.5, 0.6) is 0 Å². The summed E-state index contributed by atoms with van der Waals surface area (Å²) >= 11 is 7.69. The van der Waals surface area contributed by atoms with E-state index in [1.54, 1.807) is 6.33 Å². The van der Waals surface area contributed by atoms with Gasteiger partial charge < -0.3 is 10.3 Å². The first-order chi connectivity index (χ1) is 8.08. The summed E-state index contributed by atoms with van der Waals surface area (Å²) in [5, 5.41) is 9.32. The van der Waals surface area contributed by atoms with Crippen molar-refractivity contribution in [2.24, 2.45) is 12.8 Å². The predicted octanol–water partition coefficient (Wildman–Crippen LogP) is 2.64. The molecular weight excluding hydrogens is 256 g/mol. The van der Waals surface area contributed by atoms with E-state index in [2.05, 4.69) is 10.2 Å². The second-order valence-electron chi connectivity index (χ2n) is 3.81. The van der Waals surface area contributed by atoms with Crippen LogP contribution >= 0.6 is 23.4 Å². The van der Waals surface area contributed by atoms with E-state index >= 15 is 0 Å². The summed E-state index contributed by atoms with van der Waals surface area (Å²) in [5.41, 5.74) is 6.83. The van der Waals surface area contributed by atoms with Gasteiger partial charge in [-0.3, -0.25) is 0 Å². The maximum Gasteiger partial charge on any atom is 0.195 e. The van der Waals surface area contributed by atoms with Crippen LogP contribution in [0.15, 0.2) is 34.6 Å². The Kier molecular flexibility index (Phi) is 3.71. The maximum atomic E-state index is 6.21. The Hall–Kier alpha value is -1.04. The number of nitrogens with two attached hydrogens (primary N) is 1. The van der Waals surface area contributed by atoms with Crippen LogP contribution in [0, 0.1) is 0 Å². The molecule has 0 aliphatic heterocycles. The van der Waals surface area contributed by atoms with Crippen molar-refractivity contribution in [1.29, 1.82) is 0 Å². The number of halogens is 1. The van der Waals surface area contributed by atoms with E-state index in [9.17, 15) is 0 Å². The molecule has 0 aliphatic carbocycles. The number of aryl methyl sites for hydroxylation is 1. The lowest BCUT2D eigenvalue weighted by Gasteiger charge is -2.08. The van der Waals surface area contributed by atoms with Gasteiger partial charge in [-0.05, 0) is 36.4 Å². The molecule has 1 aromatic carbocycles. The second-order valence-corrected chi connectivity index (χ2v) is 5.22. The molecule has 0 amide bonds. The molecule has 0 spiro atoms. The van der Waals surface area contributed by atoms with Gasteiger partial charge in [-0.1, -0.05) is 17.7 Å². The number of nitrogens with zero attached hydrogens (tertiary/aromatic N) is 3. The van der Waals surface area contributed by atoms with Crippen molar-refractivity contribution in [3.8, 4) is 0 Å². The summed E-state index contributed by atoms with van der Waals surface area (Å²) in [4.78, 5) is 0.951. The highest BCUT2D eigenvalue weighted by atomic mass is 35.5. The van der Waals surface area contributed by atoms with Gasteiger partial charge in [0.25, 0.3) is 0 Å². The molecule has 2 N–H and O–H groups in total. The van der Waals surface area contributed by atoms with E-state index in [-0.39, 0.29) is 6.04 Å². The van der Waals surface area contributed by atoms with Crippen molar-refractivity contribution in [2.45, 2.75) is 23.0 Å². The summed E-state index contributed by atoms with van der Waals surface area (Å²) in [5.74, 6) is 0. The first-order valence-corrected chi connectivity index (χ1v) is 6.34. The Morgan fingerprint density at radius 1 is 1.47 bits per heavy atom. The standard InChI is InChI=1S/C11H13ClN4S/c1-7(13)8-3-4-10(9(12)5-8)17-11-15-14-6-16(11)2/h3-7H,13H2,1-2H3/t7-/m1/s1. The Labute approximate surface area is 109 Å². The Morgan fingerprint density at radius 3 is 2.76 bits per heavy atom. The fraction of sp³-hybridized carbons (Fsp3) is 0.273. The number of aromatic nitrogens is 3. The third-order valence-corrected chi connectivity index (χ3v) is 3.91. The lowest BCUT2D eigenvalue weighted by molar-refractivity contribution is 0.788. The quantitative estimate of drug-likeness (QED) is 0.930. The summed E-state index contributed by atoms with van der Waals surface area (Å²) in [6, 6.07) is 5.82. The summed E-state index contributed by atoms with van der Waals surface area (Å²) in [6.45, 7) is 1.93. The molecule has 1 atom stereocenters. The molecule has 2 aromatic rings. The molecule has 4 nitrogen and oxygen atoms in total. The van der Waals surface area contributed by atoms with Crippen LogP contribution in [0.1, 0.15) is 18.5 Å². The van der Waals surface area contributed by atoms with E-state index in [1.165, 1.54) is 11.8 Å². The predicted molar refractivity (Wildman–Crippen MR) is 69.2 cm³/mol. The number of hydrogen-bond acceptors (Lipinski definition) is 4. The normalized spacial score (nSPS) is 12.7. The van der Waals surface area contributed by atoms with Gasteiger partial charge in [0.05, 0.1) is 5.02 Å². The largest absolute Gasteiger partial charge is 0.324 e. The molecule has 0 fully saturated rings. The Balaban J connectivity index is 2.26. The Bertz CT molecular complexity index is 524. The van der Waals surface area contributed by atoms with Gasteiger partial charge in [0, 0.05) is 18.0 Å².